The first-order chi connectivity index (χ1) is 8.33. The van der Waals surface area contributed by atoms with Crippen molar-refractivity contribution in [1.82, 2.24) is 0 Å². The number of hydrogen-bond acceptors (Lipinski definition) is 4. The van der Waals surface area contributed by atoms with Crippen LogP contribution in [0.1, 0.15) is 29.8 Å². The lowest BCUT2D eigenvalue weighted by atomic mass is 10.1. The predicted octanol–water partition coefficient (Wildman–Crippen LogP) is 2.12. The molecule has 0 aromatic heterocycles. The first-order valence-electron chi connectivity index (χ1n) is 5.17. The molecule has 18 heavy (non-hydrogen) atoms. The average molecular weight is 268 g/mol. The number of cyclic esters (lactones) is 1. The second kappa shape index (κ2) is 4.10. The van der Waals surface area contributed by atoms with Crippen molar-refractivity contribution in [3.05, 3.63) is 34.3 Å². The first kappa shape index (κ1) is 12.6. The van der Waals surface area contributed by atoms with Crippen LogP contribution in [0.5, 0.6) is 0 Å². The van der Waals surface area contributed by atoms with Gasteiger partial charge in [-0.1, -0.05) is 17.7 Å². The van der Waals surface area contributed by atoms with E-state index in [9.17, 15) is 9.59 Å². The van der Waals surface area contributed by atoms with Crippen LogP contribution in [-0.2, 0) is 9.53 Å². The molecule has 0 saturated heterocycles. The Labute approximate surface area is 108 Å². The van der Waals surface area contributed by atoms with Gasteiger partial charge in [0.05, 0.1) is 16.1 Å². The molecular weight excluding hydrogens is 258 g/mol. The normalized spacial score (nSPS) is 16.6. The molecule has 1 heterocycles. The third-order valence-electron chi connectivity index (χ3n) is 2.54. The summed E-state index contributed by atoms with van der Waals surface area (Å²) in [5.41, 5.74) is -0.753. The second-order valence-electron chi connectivity index (χ2n) is 4.33. The molecule has 0 saturated carbocycles. The van der Waals surface area contributed by atoms with E-state index in [-0.39, 0.29) is 5.90 Å². The number of hydrogen-bond donors (Lipinski definition) is 1. The molecule has 0 spiro atoms. The summed E-state index contributed by atoms with van der Waals surface area (Å²) in [4.78, 5) is 26.5. The van der Waals surface area contributed by atoms with Crippen molar-refractivity contribution in [2.75, 3.05) is 0 Å². The number of carbonyl (C=O) groups excluding carboxylic acids is 1. The molecule has 0 unspecified atom stereocenters. The Balaban J connectivity index is 2.57. The van der Waals surface area contributed by atoms with Crippen LogP contribution in [0.25, 0.3) is 0 Å². The fourth-order valence-electron chi connectivity index (χ4n) is 1.49. The van der Waals surface area contributed by atoms with Crippen molar-refractivity contribution in [2.24, 2.45) is 4.99 Å². The van der Waals surface area contributed by atoms with Crippen LogP contribution in [0.4, 0.5) is 0 Å². The summed E-state index contributed by atoms with van der Waals surface area (Å²) in [5.74, 6) is -1.74. The molecule has 1 N–H and O–H groups in total. The first-order valence-corrected chi connectivity index (χ1v) is 5.55. The lowest BCUT2D eigenvalue weighted by molar-refractivity contribution is -0.141. The Morgan fingerprint density at radius 1 is 1.44 bits per heavy atom. The topological polar surface area (TPSA) is 76.0 Å². The van der Waals surface area contributed by atoms with E-state index in [0.29, 0.717) is 16.1 Å². The van der Waals surface area contributed by atoms with Gasteiger partial charge in [-0.15, -0.1) is 0 Å². The number of carboxylic acid groups (broad SMARTS) is 1. The van der Waals surface area contributed by atoms with E-state index in [1.807, 2.05) is 0 Å². The van der Waals surface area contributed by atoms with Gasteiger partial charge in [-0.25, -0.2) is 14.6 Å². The minimum atomic E-state index is -1.39. The van der Waals surface area contributed by atoms with Crippen molar-refractivity contribution in [2.45, 2.75) is 19.4 Å². The van der Waals surface area contributed by atoms with Crippen LogP contribution in [0, 0.1) is 0 Å². The van der Waals surface area contributed by atoms with E-state index in [4.69, 9.17) is 21.4 Å². The highest BCUT2D eigenvalue weighted by Crippen LogP contribution is 2.29. The zero-order valence-electron chi connectivity index (χ0n) is 9.73. The lowest BCUT2D eigenvalue weighted by Crippen LogP contribution is -2.30. The number of ether oxygens (including phenoxy) is 1. The summed E-state index contributed by atoms with van der Waals surface area (Å²) in [7, 11) is 0. The van der Waals surface area contributed by atoms with Gasteiger partial charge in [0.25, 0.3) is 0 Å². The average Bonchev–Trinajstić information content (AvgIpc) is 2.56. The highest BCUT2D eigenvalue weighted by molar-refractivity contribution is 6.36. The maximum atomic E-state index is 11.6. The lowest BCUT2D eigenvalue weighted by Gasteiger charge is -2.14. The van der Waals surface area contributed by atoms with Crippen LogP contribution >= 0.6 is 11.6 Å². The van der Waals surface area contributed by atoms with Crippen molar-refractivity contribution in [3.8, 4) is 0 Å². The number of carbonyl (C=O) groups is 2. The minimum Gasteiger partial charge on any atom is -0.479 e. The molecule has 0 bridgehead atoms. The largest absolute Gasteiger partial charge is 0.479 e. The Kier molecular flexibility index (Phi) is 2.86. The van der Waals surface area contributed by atoms with E-state index >= 15 is 0 Å². The Morgan fingerprint density at radius 2 is 2.11 bits per heavy atom. The molecule has 2 rings (SSSR count). The van der Waals surface area contributed by atoms with Gasteiger partial charge in [0.2, 0.25) is 5.90 Å². The van der Waals surface area contributed by atoms with Crippen molar-refractivity contribution in [3.63, 3.8) is 0 Å². The minimum absolute atomic E-state index is 0.0481. The smallest absolute Gasteiger partial charge is 0.345 e. The fourth-order valence-corrected chi connectivity index (χ4v) is 1.74. The Morgan fingerprint density at radius 3 is 2.72 bits per heavy atom. The number of esters is 1. The van der Waals surface area contributed by atoms with Crippen molar-refractivity contribution in [1.29, 1.82) is 0 Å². The molecule has 0 amide bonds. The van der Waals surface area contributed by atoms with E-state index < -0.39 is 17.5 Å². The number of halogens is 1. The van der Waals surface area contributed by atoms with Gasteiger partial charge in [-0.3, -0.25) is 0 Å². The zero-order valence-corrected chi connectivity index (χ0v) is 10.5. The molecule has 1 aromatic rings. The number of aliphatic imine (C=N–C) groups is 1. The summed E-state index contributed by atoms with van der Waals surface area (Å²) >= 11 is 5.98. The molecule has 0 radical (unpaired) electrons. The second-order valence-corrected chi connectivity index (χ2v) is 4.74. The zero-order chi connectivity index (χ0) is 13.5. The predicted molar refractivity (Wildman–Crippen MR) is 65.1 cm³/mol. The molecule has 6 heteroatoms. The molecule has 94 valence electrons. The molecule has 1 aliphatic rings. The summed E-state index contributed by atoms with van der Waals surface area (Å²) in [5, 5.41) is 9.31. The quantitative estimate of drug-likeness (QED) is 0.833. The third kappa shape index (κ3) is 1.97. The summed E-state index contributed by atoms with van der Waals surface area (Å²) < 4.78 is 4.96. The van der Waals surface area contributed by atoms with Crippen LogP contribution in [-0.4, -0.2) is 28.5 Å². The number of fused-ring (bicyclic) bond motifs is 1. The number of carboxylic acids is 1. The molecule has 1 aromatic carbocycles. The standard InChI is InChI=1S/C12H10ClNO4/c1-12(2,11(16)17)14-9-8-6(10(15)18-9)4-3-5-7(8)13/h3-5H,1-2H3,(H,16,17). The van der Waals surface area contributed by atoms with Gasteiger partial charge >= 0.3 is 11.9 Å². The molecule has 0 fully saturated rings. The van der Waals surface area contributed by atoms with Crippen molar-refractivity contribution < 1.29 is 19.4 Å². The number of aliphatic carboxylic acids is 1. The number of nitrogens with zero attached hydrogens (tertiary/aromatic N) is 1. The third-order valence-corrected chi connectivity index (χ3v) is 2.86. The molecule has 5 nitrogen and oxygen atoms in total. The van der Waals surface area contributed by atoms with E-state index in [1.54, 1.807) is 18.2 Å². The SMILES string of the molecule is CC(C)(N=C1OC(=O)c2cccc(Cl)c21)C(=O)O. The molecule has 0 atom stereocenters. The Bertz CT molecular complexity index is 577. The van der Waals surface area contributed by atoms with Gasteiger partial charge in [0, 0.05) is 0 Å². The van der Waals surface area contributed by atoms with Crippen molar-refractivity contribution >= 4 is 29.4 Å². The summed E-state index contributed by atoms with van der Waals surface area (Å²) in [6, 6.07) is 4.76. The van der Waals surface area contributed by atoms with Gasteiger partial charge in [-0.2, -0.15) is 0 Å². The number of benzene rings is 1. The van der Waals surface area contributed by atoms with Crippen LogP contribution in [0.15, 0.2) is 23.2 Å². The molecular formula is C12H10ClNO4. The van der Waals surface area contributed by atoms with Crippen LogP contribution < -0.4 is 0 Å². The fraction of sp³-hybridized carbons (Fsp3) is 0.250. The van der Waals surface area contributed by atoms with E-state index in [2.05, 4.69) is 4.99 Å². The highest BCUT2D eigenvalue weighted by Gasteiger charge is 2.34. The van der Waals surface area contributed by atoms with Crippen LogP contribution in [0.3, 0.4) is 0 Å². The highest BCUT2D eigenvalue weighted by atomic mass is 35.5. The molecule has 1 aliphatic heterocycles. The maximum Gasteiger partial charge on any atom is 0.345 e. The van der Waals surface area contributed by atoms with E-state index in [0.717, 1.165) is 0 Å². The summed E-state index contributed by atoms with van der Waals surface area (Å²) in [6.45, 7) is 2.82. The van der Waals surface area contributed by atoms with Crippen LogP contribution in [0.2, 0.25) is 5.02 Å². The van der Waals surface area contributed by atoms with Gasteiger partial charge < -0.3 is 9.84 Å². The summed E-state index contributed by atoms with van der Waals surface area (Å²) in [6.07, 6.45) is 0. The van der Waals surface area contributed by atoms with Gasteiger partial charge in [0.15, 0.2) is 5.54 Å². The molecule has 0 aliphatic carbocycles. The monoisotopic (exact) mass is 267 g/mol. The van der Waals surface area contributed by atoms with Gasteiger partial charge in [-0.05, 0) is 26.0 Å². The van der Waals surface area contributed by atoms with Gasteiger partial charge in [0.1, 0.15) is 0 Å². The Hall–Kier alpha value is -1.88. The number of rotatable bonds is 2. The van der Waals surface area contributed by atoms with E-state index in [1.165, 1.54) is 13.8 Å². The maximum absolute atomic E-state index is 11.6.